The summed E-state index contributed by atoms with van der Waals surface area (Å²) in [5.74, 6) is -12.0. The average molecular weight is 407 g/mol. The van der Waals surface area contributed by atoms with Crippen LogP contribution in [-0.4, -0.2) is 4.98 Å². The van der Waals surface area contributed by atoms with Gasteiger partial charge in [-0.25, -0.2) is 18.2 Å². The van der Waals surface area contributed by atoms with Gasteiger partial charge in [0.15, 0.2) is 4.47 Å². The highest BCUT2D eigenvalue weighted by atomic mass is 35.5. The highest BCUT2D eigenvalue weighted by Gasteiger charge is 2.27. The maximum absolute atomic E-state index is 13.7. The molecule has 0 aliphatic heterocycles. The van der Waals surface area contributed by atoms with Gasteiger partial charge in [0, 0.05) is 22.8 Å². The van der Waals surface area contributed by atoms with E-state index in [0.717, 1.165) is 4.88 Å². The molecule has 3 rings (SSSR count). The molecule has 0 aliphatic rings. The van der Waals surface area contributed by atoms with E-state index in [1.165, 1.54) is 29.5 Å². The minimum absolute atomic E-state index is 0.111. The highest BCUT2D eigenvalue weighted by Crippen LogP contribution is 2.33. The molecule has 0 radical (unpaired) electrons. The Morgan fingerprint density at radius 3 is 2.27 bits per heavy atom. The van der Waals surface area contributed by atoms with Crippen LogP contribution in [0.25, 0.3) is 0 Å². The van der Waals surface area contributed by atoms with Crippen LogP contribution >= 0.6 is 22.9 Å². The van der Waals surface area contributed by atoms with Crippen LogP contribution in [0, 0.1) is 29.1 Å². The van der Waals surface area contributed by atoms with Gasteiger partial charge in [-0.2, -0.15) is 8.78 Å². The molecule has 0 fully saturated rings. The predicted octanol–water partition coefficient (Wildman–Crippen LogP) is 5.90. The third-order valence-corrected chi connectivity index (χ3v) is 4.33. The van der Waals surface area contributed by atoms with Crippen LogP contribution in [-0.2, 0) is 6.54 Å². The van der Waals surface area contributed by atoms with Crippen molar-refractivity contribution in [3.8, 4) is 11.5 Å². The summed E-state index contributed by atoms with van der Waals surface area (Å²) in [6.45, 7) is 0.371. The van der Waals surface area contributed by atoms with Crippen molar-refractivity contribution in [2.75, 3.05) is 5.32 Å². The molecule has 2 aromatic carbocycles. The molecule has 0 atom stereocenters. The van der Waals surface area contributed by atoms with Crippen LogP contribution in [0.4, 0.5) is 27.6 Å². The monoisotopic (exact) mass is 406 g/mol. The van der Waals surface area contributed by atoms with E-state index in [1.54, 1.807) is 12.3 Å². The van der Waals surface area contributed by atoms with Crippen molar-refractivity contribution in [2.45, 2.75) is 6.54 Å². The second-order valence-corrected chi connectivity index (χ2v) is 6.66. The summed E-state index contributed by atoms with van der Waals surface area (Å²) < 4.78 is 72.1. The standard InChI is InChI=1S/C16H8ClF5N2OS/c17-16-24-6-9(26-16)5-23-7-2-1-3-8(4-7)25-15-13(21)11(19)10(18)12(20)14(15)22/h1-4,6,23H,5H2. The van der Waals surface area contributed by atoms with Gasteiger partial charge in [0.2, 0.25) is 34.8 Å². The van der Waals surface area contributed by atoms with E-state index in [0.29, 0.717) is 16.7 Å². The topological polar surface area (TPSA) is 34.1 Å². The number of halogens is 6. The van der Waals surface area contributed by atoms with Crippen LogP contribution < -0.4 is 10.1 Å². The number of nitrogens with one attached hydrogen (secondary N) is 1. The van der Waals surface area contributed by atoms with Gasteiger partial charge in [0.05, 0.1) is 6.54 Å². The third-order valence-electron chi connectivity index (χ3n) is 3.22. The zero-order chi connectivity index (χ0) is 18.8. The van der Waals surface area contributed by atoms with Crippen LogP contribution in [0.3, 0.4) is 0 Å². The normalized spacial score (nSPS) is 10.8. The van der Waals surface area contributed by atoms with Crippen molar-refractivity contribution in [2.24, 2.45) is 0 Å². The van der Waals surface area contributed by atoms with Crippen molar-refractivity contribution in [3.05, 3.63) is 68.9 Å². The number of thiazole rings is 1. The summed E-state index contributed by atoms with van der Waals surface area (Å²) in [6.07, 6.45) is 1.58. The molecule has 136 valence electrons. The molecular formula is C16H8ClF5N2OS. The number of benzene rings is 2. The summed E-state index contributed by atoms with van der Waals surface area (Å²) in [7, 11) is 0. The Morgan fingerprint density at radius 2 is 1.65 bits per heavy atom. The Bertz CT molecular complexity index is 937. The Hall–Kier alpha value is -2.39. The molecule has 1 aromatic heterocycles. The first-order valence-electron chi connectivity index (χ1n) is 7.00. The van der Waals surface area contributed by atoms with E-state index in [9.17, 15) is 22.0 Å². The van der Waals surface area contributed by atoms with E-state index in [1.807, 2.05) is 0 Å². The first-order valence-corrected chi connectivity index (χ1v) is 8.19. The lowest BCUT2D eigenvalue weighted by atomic mass is 10.2. The molecule has 26 heavy (non-hydrogen) atoms. The first-order chi connectivity index (χ1) is 12.4. The molecule has 0 amide bonds. The predicted molar refractivity (Wildman–Crippen MR) is 87.2 cm³/mol. The van der Waals surface area contributed by atoms with Crippen LogP contribution in [0.15, 0.2) is 30.5 Å². The highest BCUT2D eigenvalue weighted by molar-refractivity contribution is 7.15. The van der Waals surface area contributed by atoms with Crippen molar-refractivity contribution < 1.29 is 26.7 Å². The molecule has 0 saturated heterocycles. The minimum atomic E-state index is -2.24. The Morgan fingerprint density at radius 1 is 1.00 bits per heavy atom. The Labute approximate surface area is 153 Å². The number of nitrogens with zero attached hydrogens (tertiary/aromatic N) is 1. The summed E-state index contributed by atoms with van der Waals surface area (Å²) in [6, 6.07) is 5.78. The fraction of sp³-hybridized carbons (Fsp3) is 0.0625. The average Bonchev–Trinajstić information content (AvgIpc) is 3.06. The van der Waals surface area contributed by atoms with Gasteiger partial charge in [-0.1, -0.05) is 17.7 Å². The van der Waals surface area contributed by atoms with Gasteiger partial charge in [-0.3, -0.25) is 0 Å². The minimum Gasteiger partial charge on any atom is -0.451 e. The number of aromatic nitrogens is 1. The number of hydrogen-bond donors (Lipinski definition) is 1. The number of anilines is 1. The van der Waals surface area contributed by atoms with Crippen molar-refractivity contribution in [3.63, 3.8) is 0 Å². The van der Waals surface area contributed by atoms with E-state index in [-0.39, 0.29) is 5.75 Å². The van der Waals surface area contributed by atoms with E-state index >= 15 is 0 Å². The second kappa shape index (κ2) is 7.46. The van der Waals surface area contributed by atoms with Crippen molar-refractivity contribution in [1.29, 1.82) is 0 Å². The van der Waals surface area contributed by atoms with Crippen molar-refractivity contribution >= 4 is 28.6 Å². The summed E-state index contributed by atoms with van der Waals surface area (Å²) in [4.78, 5) is 4.71. The maximum Gasteiger partial charge on any atom is 0.207 e. The summed E-state index contributed by atoms with van der Waals surface area (Å²) >= 11 is 6.99. The first kappa shape index (κ1) is 18.4. The molecule has 0 saturated carbocycles. The zero-order valence-electron chi connectivity index (χ0n) is 12.6. The van der Waals surface area contributed by atoms with Crippen molar-refractivity contribution in [1.82, 2.24) is 4.98 Å². The molecule has 3 nitrogen and oxygen atoms in total. The number of ether oxygens (including phenoxy) is 1. The van der Waals surface area contributed by atoms with E-state index < -0.39 is 34.8 Å². The lowest BCUT2D eigenvalue weighted by Gasteiger charge is -2.11. The lowest BCUT2D eigenvalue weighted by Crippen LogP contribution is -2.04. The maximum atomic E-state index is 13.7. The molecule has 10 heteroatoms. The number of rotatable bonds is 5. The van der Waals surface area contributed by atoms with Gasteiger partial charge in [0.25, 0.3) is 0 Å². The van der Waals surface area contributed by atoms with Gasteiger partial charge >= 0.3 is 0 Å². The smallest absolute Gasteiger partial charge is 0.207 e. The molecule has 0 unspecified atom stereocenters. The zero-order valence-corrected chi connectivity index (χ0v) is 14.2. The Kier molecular flexibility index (Phi) is 5.28. The van der Waals surface area contributed by atoms with Gasteiger partial charge in [0.1, 0.15) is 5.75 Å². The summed E-state index contributed by atoms with van der Waals surface area (Å²) in [5, 5.41) is 3.00. The van der Waals surface area contributed by atoms with Crippen LogP contribution in [0.2, 0.25) is 4.47 Å². The molecule has 3 aromatic rings. The van der Waals surface area contributed by atoms with E-state index in [4.69, 9.17) is 16.3 Å². The van der Waals surface area contributed by atoms with Gasteiger partial charge < -0.3 is 10.1 Å². The van der Waals surface area contributed by atoms with Gasteiger partial charge in [-0.05, 0) is 12.1 Å². The largest absolute Gasteiger partial charge is 0.451 e. The van der Waals surface area contributed by atoms with Gasteiger partial charge in [-0.15, -0.1) is 11.3 Å². The Balaban J connectivity index is 1.81. The molecule has 0 spiro atoms. The third kappa shape index (κ3) is 3.73. The number of hydrogen-bond acceptors (Lipinski definition) is 4. The van der Waals surface area contributed by atoms with Crippen LogP contribution in [0.1, 0.15) is 4.88 Å². The molecular weight excluding hydrogens is 399 g/mol. The fourth-order valence-corrected chi connectivity index (χ4v) is 2.93. The molecule has 1 N–H and O–H groups in total. The second-order valence-electron chi connectivity index (χ2n) is 4.96. The quantitative estimate of drug-likeness (QED) is 0.325. The van der Waals surface area contributed by atoms with E-state index in [2.05, 4.69) is 10.3 Å². The molecule has 0 bridgehead atoms. The fourth-order valence-electron chi connectivity index (χ4n) is 2.02. The summed E-state index contributed by atoms with van der Waals surface area (Å²) in [5.41, 5.74) is 0.496. The molecule has 1 heterocycles. The van der Waals surface area contributed by atoms with Crippen LogP contribution in [0.5, 0.6) is 11.5 Å². The lowest BCUT2D eigenvalue weighted by molar-refractivity contribution is 0.332. The molecule has 0 aliphatic carbocycles. The SMILES string of the molecule is Fc1c(F)c(F)c(Oc2cccc(NCc3cnc(Cl)s3)c2)c(F)c1F.